The SMILES string of the molecule is CC(=O)C[C@@H]1C(=O)Oc2c(ccc3ccccc23)[C@@H]1c1ccc(F)cc1. The van der Waals surface area contributed by atoms with Crippen molar-refractivity contribution in [1.29, 1.82) is 0 Å². The Morgan fingerprint density at radius 1 is 1.04 bits per heavy atom. The van der Waals surface area contributed by atoms with Gasteiger partial charge in [-0.15, -0.1) is 0 Å². The number of ketones is 1. The average molecular weight is 348 g/mol. The molecule has 0 fully saturated rings. The van der Waals surface area contributed by atoms with Gasteiger partial charge in [0.15, 0.2) is 0 Å². The van der Waals surface area contributed by atoms with Crippen molar-refractivity contribution in [3.63, 3.8) is 0 Å². The summed E-state index contributed by atoms with van der Waals surface area (Å²) in [4.78, 5) is 24.5. The number of carbonyl (C=O) groups excluding carboxylic acids is 2. The molecule has 0 saturated carbocycles. The van der Waals surface area contributed by atoms with Crippen molar-refractivity contribution in [1.82, 2.24) is 0 Å². The summed E-state index contributed by atoms with van der Waals surface area (Å²) in [5.74, 6) is -1.27. The molecule has 4 rings (SSSR count). The Morgan fingerprint density at radius 2 is 1.77 bits per heavy atom. The van der Waals surface area contributed by atoms with Crippen LogP contribution in [0.25, 0.3) is 10.8 Å². The standard InChI is InChI=1S/C22H17FO3/c1-13(24)12-19-20(15-6-9-16(23)10-7-15)18-11-8-14-4-2-3-5-17(14)21(18)26-22(19)25/h2-11,19-20H,12H2,1H3/t19-,20-/m0/s1. The number of benzene rings is 3. The fourth-order valence-corrected chi connectivity index (χ4v) is 3.74. The Bertz CT molecular complexity index is 1010. The molecular formula is C22H17FO3. The highest BCUT2D eigenvalue weighted by atomic mass is 19.1. The lowest BCUT2D eigenvalue weighted by atomic mass is 9.76. The molecule has 0 spiro atoms. The van der Waals surface area contributed by atoms with Gasteiger partial charge in [-0.25, -0.2) is 4.39 Å². The van der Waals surface area contributed by atoms with Crippen molar-refractivity contribution in [3.05, 3.63) is 77.6 Å². The van der Waals surface area contributed by atoms with Crippen molar-refractivity contribution in [2.75, 3.05) is 0 Å². The molecule has 4 heteroatoms. The first kappa shape index (κ1) is 16.5. The van der Waals surface area contributed by atoms with E-state index in [1.54, 1.807) is 12.1 Å². The number of halogens is 1. The van der Waals surface area contributed by atoms with Crippen molar-refractivity contribution >= 4 is 22.5 Å². The predicted octanol–water partition coefficient (Wildman–Crippen LogP) is 4.63. The molecule has 3 aromatic rings. The minimum atomic E-state index is -0.619. The molecule has 3 nitrogen and oxygen atoms in total. The monoisotopic (exact) mass is 348 g/mol. The number of ether oxygens (including phenoxy) is 1. The molecule has 0 N–H and O–H groups in total. The van der Waals surface area contributed by atoms with Gasteiger partial charge in [0.1, 0.15) is 17.3 Å². The van der Waals surface area contributed by atoms with E-state index < -0.39 is 11.9 Å². The van der Waals surface area contributed by atoms with E-state index in [9.17, 15) is 14.0 Å². The summed E-state index contributed by atoms with van der Waals surface area (Å²) in [5, 5.41) is 1.83. The summed E-state index contributed by atoms with van der Waals surface area (Å²) >= 11 is 0. The Morgan fingerprint density at radius 3 is 2.50 bits per heavy atom. The number of carbonyl (C=O) groups is 2. The fraction of sp³-hybridized carbons (Fsp3) is 0.182. The van der Waals surface area contributed by atoms with Crippen LogP contribution in [0, 0.1) is 11.7 Å². The maximum absolute atomic E-state index is 13.4. The molecule has 0 bridgehead atoms. The van der Waals surface area contributed by atoms with Gasteiger partial charge < -0.3 is 9.53 Å². The topological polar surface area (TPSA) is 43.4 Å². The van der Waals surface area contributed by atoms with Gasteiger partial charge in [-0.2, -0.15) is 0 Å². The number of hydrogen-bond donors (Lipinski definition) is 0. The second kappa shape index (κ2) is 6.37. The molecule has 2 atom stereocenters. The van der Waals surface area contributed by atoms with E-state index in [1.165, 1.54) is 19.1 Å². The number of rotatable bonds is 3. The number of fused-ring (bicyclic) bond motifs is 3. The zero-order valence-corrected chi connectivity index (χ0v) is 14.2. The minimum Gasteiger partial charge on any atom is -0.425 e. The quantitative estimate of drug-likeness (QED) is 0.512. The highest BCUT2D eigenvalue weighted by molar-refractivity contribution is 5.95. The zero-order valence-electron chi connectivity index (χ0n) is 14.2. The van der Waals surface area contributed by atoms with Gasteiger partial charge in [-0.05, 0) is 30.0 Å². The van der Waals surface area contributed by atoms with Gasteiger partial charge in [0.05, 0.1) is 5.92 Å². The minimum absolute atomic E-state index is 0.0803. The van der Waals surface area contributed by atoms with Crippen LogP contribution in [0.4, 0.5) is 4.39 Å². The van der Waals surface area contributed by atoms with Crippen LogP contribution in [-0.4, -0.2) is 11.8 Å². The number of Topliss-reactive ketones (excluding diaryl/α,β-unsaturated/α-hetero) is 1. The number of esters is 1. The zero-order chi connectivity index (χ0) is 18.3. The lowest BCUT2D eigenvalue weighted by Crippen LogP contribution is -2.33. The Labute approximate surface area is 150 Å². The third-order valence-corrected chi connectivity index (χ3v) is 4.89. The second-order valence-electron chi connectivity index (χ2n) is 6.67. The summed E-state index contributed by atoms with van der Waals surface area (Å²) in [6.07, 6.45) is 0.0904. The van der Waals surface area contributed by atoms with Crippen LogP contribution in [0.5, 0.6) is 5.75 Å². The summed E-state index contributed by atoms with van der Waals surface area (Å²) in [6, 6.07) is 17.7. The van der Waals surface area contributed by atoms with E-state index in [2.05, 4.69) is 0 Å². The van der Waals surface area contributed by atoms with Crippen LogP contribution in [0.3, 0.4) is 0 Å². The van der Waals surface area contributed by atoms with E-state index in [1.807, 2.05) is 36.4 Å². The lowest BCUT2D eigenvalue weighted by molar-refractivity contribution is -0.142. The molecule has 3 aromatic carbocycles. The molecule has 1 aliphatic heterocycles. The van der Waals surface area contributed by atoms with Gasteiger partial charge in [0.2, 0.25) is 0 Å². The summed E-state index contributed by atoms with van der Waals surface area (Å²) in [5.41, 5.74) is 1.65. The summed E-state index contributed by atoms with van der Waals surface area (Å²) in [7, 11) is 0. The fourth-order valence-electron chi connectivity index (χ4n) is 3.74. The van der Waals surface area contributed by atoms with E-state index in [4.69, 9.17) is 4.74 Å². The van der Waals surface area contributed by atoms with Gasteiger partial charge in [-0.3, -0.25) is 4.79 Å². The van der Waals surface area contributed by atoms with Gasteiger partial charge in [0, 0.05) is 23.3 Å². The smallest absolute Gasteiger partial charge is 0.315 e. The van der Waals surface area contributed by atoms with E-state index >= 15 is 0 Å². The largest absolute Gasteiger partial charge is 0.425 e. The first-order chi connectivity index (χ1) is 12.5. The van der Waals surface area contributed by atoms with Crippen molar-refractivity contribution < 1.29 is 18.7 Å². The molecule has 130 valence electrons. The van der Waals surface area contributed by atoms with Crippen LogP contribution in [0.1, 0.15) is 30.4 Å². The molecule has 1 heterocycles. The van der Waals surface area contributed by atoms with Crippen LogP contribution >= 0.6 is 0 Å². The van der Waals surface area contributed by atoms with E-state index in [0.29, 0.717) is 5.75 Å². The summed E-state index contributed by atoms with van der Waals surface area (Å²) in [6.45, 7) is 1.46. The normalized spacial score (nSPS) is 19.1. The molecule has 0 radical (unpaired) electrons. The molecule has 0 aromatic heterocycles. The van der Waals surface area contributed by atoms with E-state index in [0.717, 1.165) is 21.9 Å². The van der Waals surface area contributed by atoms with Crippen molar-refractivity contribution in [3.8, 4) is 5.75 Å². The third kappa shape index (κ3) is 2.77. The van der Waals surface area contributed by atoms with Crippen LogP contribution < -0.4 is 4.74 Å². The first-order valence-corrected chi connectivity index (χ1v) is 8.53. The molecular weight excluding hydrogens is 331 g/mol. The van der Waals surface area contributed by atoms with Crippen LogP contribution in [0.15, 0.2) is 60.7 Å². The first-order valence-electron chi connectivity index (χ1n) is 8.53. The Kier molecular flexibility index (Phi) is 4.03. The molecule has 26 heavy (non-hydrogen) atoms. The van der Waals surface area contributed by atoms with Crippen LogP contribution in [0.2, 0.25) is 0 Å². The molecule has 1 aliphatic rings. The molecule has 0 saturated heterocycles. The maximum Gasteiger partial charge on any atom is 0.315 e. The van der Waals surface area contributed by atoms with Gasteiger partial charge >= 0.3 is 5.97 Å². The van der Waals surface area contributed by atoms with Gasteiger partial charge in [0.25, 0.3) is 0 Å². The average Bonchev–Trinajstić information content (AvgIpc) is 2.63. The summed E-state index contributed by atoms with van der Waals surface area (Å²) < 4.78 is 19.1. The Hall–Kier alpha value is -3.01. The van der Waals surface area contributed by atoms with E-state index in [-0.39, 0.29) is 23.9 Å². The predicted molar refractivity (Wildman–Crippen MR) is 96.6 cm³/mol. The Balaban J connectivity index is 1.94. The molecule has 0 amide bonds. The van der Waals surface area contributed by atoms with Crippen molar-refractivity contribution in [2.45, 2.75) is 19.3 Å². The number of hydrogen-bond acceptors (Lipinski definition) is 3. The third-order valence-electron chi connectivity index (χ3n) is 4.89. The van der Waals surface area contributed by atoms with Crippen molar-refractivity contribution in [2.24, 2.45) is 5.92 Å². The van der Waals surface area contributed by atoms with Crippen LogP contribution in [-0.2, 0) is 9.59 Å². The maximum atomic E-state index is 13.4. The highest BCUT2D eigenvalue weighted by Gasteiger charge is 2.40. The highest BCUT2D eigenvalue weighted by Crippen LogP contribution is 2.46. The molecule has 0 aliphatic carbocycles. The second-order valence-corrected chi connectivity index (χ2v) is 6.67. The lowest BCUT2D eigenvalue weighted by Gasteiger charge is -2.32. The van der Waals surface area contributed by atoms with Gasteiger partial charge in [-0.1, -0.05) is 48.5 Å². The molecule has 0 unspecified atom stereocenters.